The Hall–Kier alpha value is -2.72. The first kappa shape index (κ1) is 20.0. The van der Waals surface area contributed by atoms with Gasteiger partial charge in [-0.15, -0.1) is 10.2 Å². The van der Waals surface area contributed by atoms with Crippen LogP contribution in [0.3, 0.4) is 0 Å². The fraction of sp³-hybridized carbons (Fsp3) is 0.111. The van der Waals surface area contributed by atoms with Crippen molar-refractivity contribution in [1.29, 1.82) is 0 Å². The van der Waals surface area contributed by atoms with Crippen LogP contribution in [0.15, 0.2) is 56.6 Å². The molecule has 0 bridgehead atoms. The molecule has 0 radical (unpaired) electrons. The van der Waals surface area contributed by atoms with Gasteiger partial charge in [0.2, 0.25) is 11.8 Å². The lowest BCUT2D eigenvalue weighted by Crippen LogP contribution is -2.15. The van der Waals surface area contributed by atoms with Crippen LogP contribution < -0.4 is 5.32 Å². The molecule has 0 aliphatic rings. The molecule has 0 atom stereocenters. The molecule has 3 rings (SSSR count). The Labute approximate surface area is 171 Å². The maximum absolute atomic E-state index is 13.6. The summed E-state index contributed by atoms with van der Waals surface area (Å²) in [6.45, 7) is 0. The van der Waals surface area contributed by atoms with Crippen molar-refractivity contribution in [2.24, 2.45) is 0 Å². The third-order valence-corrected chi connectivity index (χ3v) is 5.00. The fourth-order valence-electron chi connectivity index (χ4n) is 2.21. The number of thioether (sulfide) groups is 1. The van der Waals surface area contributed by atoms with E-state index in [2.05, 4.69) is 36.2 Å². The van der Waals surface area contributed by atoms with Crippen LogP contribution in [0.25, 0.3) is 11.5 Å². The van der Waals surface area contributed by atoms with Crippen molar-refractivity contribution < 1.29 is 23.1 Å². The number of nitrogens with zero attached hydrogens (tertiary/aromatic N) is 2. The third-order valence-electron chi connectivity index (χ3n) is 3.49. The van der Waals surface area contributed by atoms with Gasteiger partial charge in [-0.05, 0) is 46.3 Å². The summed E-state index contributed by atoms with van der Waals surface area (Å²) >= 11 is 4.46. The summed E-state index contributed by atoms with van der Waals surface area (Å²) in [6.07, 6.45) is 0. The van der Waals surface area contributed by atoms with Crippen molar-refractivity contribution >= 4 is 45.3 Å². The lowest BCUT2D eigenvalue weighted by molar-refractivity contribution is -0.113. The van der Waals surface area contributed by atoms with Crippen LogP contribution in [0.5, 0.6) is 0 Å². The van der Waals surface area contributed by atoms with E-state index in [1.54, 1.807) is 0 Å². The highest BCUT2D eigenvalue weighted by Crippen LogP contribution is 2.29. The highest BCUT2D eigenvalue weighted by molar-refractivity contribution is 9.10. The molecule has 1 amide bonds. The molecular weight excluding hydrogens is 453 g/mol. The Kier molecular flexibility index (Phi) is 6.42. The first-order valence-corrected chi connectivity index (χ1v) is 9.64. The largest absolute Gasteiger partial charge is 0.465 e. The van der Waals surface area contributed by atoms with Crippen LogP contribution in [0.1, 0.15) is 10.4 Å². The number of hydrogen-bond acceptors (Lipinski definition) is 7. The molecule has 0 aliphatic carbocycles. The van der Waals surface area contributed by atoms with E-state index in [0.717, 1.165) is 35.0 Å². The molecule has 0 saturated heterocycles. The van der Waals surface area contributed by atoms with Gasteiger partial charge in [-0.1, -0.05) is 23.9 Å². The first-order chi connectivity index (χ1) is 13.5. The van der Waals surface area contributed by atoms with Crippen LogP contribution in [0.2, 0.25) is 0 Å². The van der Waals surface area contributed by atoms with Gasteiger partial charge >= 0.3 is 5.97 Å². The molecule has 0 spiro atoms. The van der Waals surface area contributed by atoms with Crippen LogP contribution in [0.4, 0.5) is 10.1 Å². The molecule has 0 aliphatic heterocycles. The molecule has 3 aromatic rings. The summed E-state index contributed by atoms with van der Waals surface area (Å²) in [5.74, 6) is -1.62. The minimum atomic E-state index is -0.826. The zero-order valence-electron chi connectivity index (χ0n) is 14.4. The number of esters is 1. The number of aromatic nitrogens is 2. The van der Waals surface area contributed by atoms with Crippen LogP contribution >= 0.6 is 27.7 Å². The van der Waals surface area contributed by atoms with Gasteiger partial charge in [-0.25, -0.2) is 9.18 Å². The van der Waals surface area contributed by atoms with Crippen LogP contribution in [-0.2, 0) is 9.53 Å². The predicted molar refractivity (Wildman–Crippen MR) is 105 cm³/mol. The molecule has 1 heterocycles. The van der Waals surface area contributed by atoms with E-state index < -0.39 is 11.8 Å². The quantitative estimate of drug-likeness (QED) is 0.431. The molecular formula is C18H13BrFN3O4S. The number of halogens is 2. The normalized spacial score (nSPS) is 10.5. The van der Waals surface area contributed by atoms with Gasteiger partial charge in [0.25, 0.3) is 5.22 Å². The van der Waals surface area contributed by atoms with Crippen molar-refractivity contribution in [1.82, 2.24) is 10.2 Å². The molecule has 1 N–H and O–H groups in total. The van der Waals surface area contributed by atoms with Crippen molar-refractivity contribution in [3.8, 4) is 11.5 Å². The molecule has 0 fully saturated rings. The molecule has 0 unspecified atom stereocenters. The number of ether oxygens (including phenoxy) is 1. The summed E-state index contributed by atoms with van der Waals surface area (Å²) in [4.78, 5) is 23.6. The van der Waals surface area contributed by atoms with Gasteiger partial charge in [0, 0.05) is 10.2 Å². The maximum Gasteiger partial charge on any atom is 0.340 e. The second-order valence-corrected chi connectivity index (χ2v) is 7.16. The molecule has 28 heavy (non-hydrogen) atoms. The highest BCUT2D eigenvalue weighted by atomic mass is 79.9. The van der Waals surface area contributed by atoms with Crippen molar-refractivity contribution in [2.45, 2.75) is 5.22 Å². The second-order valence-electron chi connectivity index (χ2n) is 5.38. The van der Waals surface area contributed by atoms with Crippen LogP contribution in [-0.4, -0.2) is 34.9 Å². The molecule has 7 nitrogen and oxygen atoms in total. The molecule has 1 aromatic heterocycles. The standard InChI is InChI=1S/C18H13BrFN3O4S/c1-26-17(25)12-8-10(6-7-14(12)20)21-15(24)9-28-18-23-22-16(27-18)11-4-2-3-5-13(11)19/h2-8H,9H2,1H3,(H,21,24). The smallest absolute Gasteiger partial charge is 0.340 e. The van der Waals surface area contributed by atoms with Gasteiger partial charge in [0.05, 0.1) is 24.0 Å². The number of hydrogen-bond donors (Lipinski definition) is 1. The molecule has 2 aromatic carbocycles. The van der Waals surface area contributed by atoms with E-state index in [9.17, 15) is 14.0 Å². The third kappa shape index (κ3) is 4.76. The summed E-state index contributed by atoms with van der Waals surface area (Å²) in [7, 11) is 1.15. The van der Waals surface area contributed by atoms with Gasteiger partial charge in [0.1, 0.15) is 5.82 Å². The number of carbonyl (C=O) groups is 2. The Morgan fingerprint density at radius 1 is 1.25 bits per heavy atom. The Morgan fingerprint density at radius 2 is 2.04 bits per heavy atom. The predicted octanol–water partition coefficient (Wildman–Crippen LogP) is 4.16. The monoisotopic (exact) mass is 465 g/mol. The Balaban J connectivity index is 1.61. The minimum Gasteiger partial charge on any atom is -0.465 e. The number of methoxy groups -OCH3 is 1. The van der Waals surface area contributed by atoms with E-state index in [4.69, 9.17) is 4.42 Å². The van der Waals surface area contributed by atoms with Gasteiger partial charge in [-0.3, -0.25) is 4.79 Å². The number of nitrogens with one attached hydrogen (secondary N) is 1. The highest BCUT2D eigenvalue weighted by Gasteiger charge is 2.15. The summed E-state index contributed by atoms with van der Waals surface area (Å²) < 4.78 is 24.5. The van der Waals surface area contributed by atoms with Gasteiger partial charge in [-0.2, -0.15) is 0 Å². The second kappa shape index (κ2) is 8.98. The van der Waals surface area contributed by atoms with Gasteiger partial charge < -0.3 is 14.5 Å². The minimum absolute atomic E-state index is 0.0114. The average Bonchev–Trinajstić information content (AvgIpc) is 3.16. The average molecular weight is 466 g/mol. The lowest BCUT2D eigenvalue weighted by Gasteiger charge is -2.07. The molecule has 10 heteroatoms. The first-order valence-electron chi connectivity index (χ1n) is 7.87. The van der Waals surface area contributed by atoms with E-state index in [1.807, 2.05) is 24.3 Å². The van der Waals surface area contributed by atoms with Gasteiger partial charge in [0.15, 0.2) is 0 Å². The van der Waals surface area contributed by atoms with E-state index in [1.165, 1.54) is 12.1 Å². The zero-order valence-corrected chi connectivity index (χ0v) is 16.8. The topological polar surface area (TPSA) is 94.3 Å². The summed E-state index contributed by atoms with van der Waals surface area (Å²) in [5.41, 5.74) is 0.753. The number of anilines is 1. The number of amides is 1. The zero-order chi connectivity index (χ0) is 20.1. The van der Waals surface area contributed by atoms with Crippen molar-refractivity contribution in [2.75, 3.05) is 18.2 Å². The van der Waals surface area contributed by atoms with E-state index >= 15 is 0 Å². The Bertz CT molecular complexity index is 1030. The van der Waals surface area contributed by atoms with Crippen LogP contribution in [0, 0.1) is 5.82 Å². The van der Waals surface area contributed by atoms with Crippen molar-refractivity contribution in [3.05, 3.63) is 58.3 Å². The molecule has 0 saturated carbocycles. The number of carbonyl (C=O) groups excluding carboxylic acids is 2. The van der Waals surface area contributed by atoms with Crippen molar-refractivity contribution in [3.63, 3.8) is 0 Å². The number of benzene rings is 2. The summed E-state index contributed by atoms with van der Waals surface area (Å²) in [6, 6.07) is 11.0. The maximum atomic E-state index is 13.6. The van der Waals surface area contributed by atoms with E-state index in [0.29, 0.717) is 5.89 Å². The number of rotatable bonds is 6. The van der Waals surface area contributed by atoms with E-state index in [-0.39, 0.29) is 28.1 Å². The SMILES string of the molecule is COC(=O)c1cc(NC(=O)CSc2nnc(-c3ccccc3Br)o2)ccc1F. The lowest BCUT2D eigenvalue weighted by atomic mass is 10.2. The fourth-order valence-corrected chi connectivity index (χ4v) is 3.22. The summed E-state index contributed by atoms with van der Waals surface area (Å²) in [5, 5.41) is 10.7. The Morgan fingerprint density at radius 3 is 2.79 bits per heavy atom. The molecule has 144 valence electrons.